The number of nitrogens with one attached hydrogen (secondary N) is 1. The lowest BCUT2D eigenvalue weighted by molar-refractivity contribution is 0.259. The summed E-state index contributed by atoms with van der Waals surface area (Å²) in [5.74, 6) is 0.914. The van der Waals surface area contributed by atoms with E-state index in [-0.39, 0.29) is 23.2 Å². The molecule has 0 radical (unpaired) electrons. The molecule has 1 aromatic heterocycles. The maximum atomic E-state index is 12.6. The summed E-state index contributed by atoms with van der Waals surface area (Å²) < 4.78 is 38.2. The van der Waals surface area contributed by atoms with Crippen molar-refractivity contribution in [3.63, 3.8) is 0 Å². The van der Waals surface area contributed by atoms with Gasteiger partial charge in [-0.1, -0.05) is 11.6 Å². The maximum absolute atomic E-state index is 12.6. The van der Waals surface area contributed by atoms with Crippen LogP contribution < -0.4 is 9.46 Å². The highest BCUT2D eigenvalue weighted by Gasteiger charge is 2.24. The SMILES string of the molecule is COc1ccc(Cl)cc1S(=O)(=O)NCC(c1ccco1)N(C)C. The fourth-order valence-corrected chi connectivity index (χ4v) is 3.61. The van der Waals surface area contributed by atoms with Crippen LogP contribution in [0, 0.1) is 0 Å². The van der Waals surface area contributed by atoms with Crippen molar-refractivity contribution in [2.24, 2.45) is 0 Å². The van der Waals surface area contributed by atoms with Crippen molar-refractivity contribution < 1.29 is 17.6 Å². The molecule has 1 heterocycles. The van der Waals surface area contributed by atoms with Crippen LogP contribution >= 0.6 is 11.6 Å². The summed E-state index contributed by atoms with van der Waals surface area (Å²) >= 11 is 5.90. The Balaban J connectivity index is 2.23. The van der Waals surface area contributed by atoms with E-state index in [0.29, 0.717) is 10.8 Å². The normalized spacial score (nSPS) is 13.3. The van der Waals surface area contributed by atoms with Crippen molar-refractivity contribution in [2.75, 3.05) is 27.7 Å². The molecule has 0 saturated heterocycles. The van der Waals surface area contributed by atoms with E-state index >= 15 is 0 Å². The standard InChI is InChI=1S/C15H19ClN2O4S/c1-18(2)12(13-5-4-8-22-13)10-17-23(19,20)15-9-11(16)6-7-14(15)21-3/h4-9,12,17H,10H2,1-3H3. The number of sulfonamides is 1. The number of hydrogen-bond acceptors (Lipinski definition) is 5. The summed E-state index contributed by atoms with van der Waals surface area (Å²) in [6.07, 6.45) is 1.56. The third-order valence-corrected chi connectivity index (χ3v) is 5.06. The van der Waals surface area contributed by atoms with Crippen LogP contribution in [0.4, 0.5) is 0 Å². The summed E-state index contributed by atoms with van der Waals surface area (Å²) in [7, 11) is 1.33. The molecular weight excluding hydrogens is 340 g/mol. The van der Waals surface area contributed by atoms with Gasteiger partial charge in [0, 0.05) is 11.6 Å². The smallest absolute Gasteiger partial charge is 0.244 e. The molecule has 1 atom stereocenters. The first-order valence-electron chi connectivity index (χ1n) is 6.88. The Morgan fingerprint density at radius 1 is 1.35 bits per heavy atom. The predicted molar refractivity (Wildman–Crippen MR) is 88.3 cm³/mol. The van der Waals surface area contributed by atoms with Gasteiger partial charge in [-0.2, -0.15) is 0 Å². The van der Waals surface area contributed by atoms with Crippen molar-refractivity contribution in [3.8, 4) is 5.75 Å². The van der Waals surface area contributed by atoms with Crippen molar-refractivity contribution in [1.29, 1.82) is 0 Å². The third-order valence-electron chi connectivity index (χ3n) is 3.38. The first-order valence-corrected chi connectivity index (χ1v) is 8.74. The second kappa shape index (κ2) is 7.35. The van der Waals surface area contributed by atoms with Crippen LogP contribution in [0.3, 0.4) is 0 Å². The zero-order valence-electron chi connectivity index (χ0n) is 13.1. The zero-order valence-corrected chi connectivity index (χ0v) is 14.7. The van der Waals surface area contributed by atoms with Gasteiger partial charge in [0.2, 0.25) is 10.0 Å². The number of hydrogen-bond donors (Lipinski definition) is 1. The van der Waals surface area contributed by atoms with Gasteiger partial charge in [0.15, 0.2) is 0 Å². The number of ether oxygens (including phenoxy) is 1. The molecule has 0 fully saturated rings. The Morgan fingerprint density at radius 3 is 2.65 bits per heavy atom. The number of likely N-dealkylation sites (N-methyl/N-ethyl adjacent to an activating group) is 1. The maximum Gasteiger partial charge on any atom is 0.244 e. The second-order valence-electron chi connectivity index (χ2n) is 5.14. The highest BCUT2D eigenvalue weighted by Crippen LogP contribution is 2.27. The fourth-order valence-electron chi connectivity index (χ4n) is 2.15. The first kappa shape index (κ1) is 17.8. The Hall–Kier alpha value is -1.54. The minimum absolute atomic E-state index is 0.00412. The third kappa shape index (κ3) is 4.26. The monoisotopic (exact) mass is 358 g/mol. The Morgan fingerprint density at radius 2 is 2.09 bits per heavy atom. The molecule has 0 aliphatic carbocycles. The molecule has 6 nitrogen and oxygen atoms in total. The number of furan rings is 1. The van der Waals surface area contributed by atoms with E-state index in [0.717, 1.165) is 0 Å². The summed E-state index contributed by atoms with van der Waals surface area (Å²) in [6, 6.07) is 7.79. The van der Waals surface area contributed by atoms with E-state index in [4.69, 9.17) is 20.8 Å². The van der Waals surface area contributed by atoms with Gasteiger partial charge >= 0.3 is 0 Å². The molecule has 0 spiro atoms. The van der Waals surface area contributed by atoms with Crippen molar-refractivity contribution in [2.45, 2.75) is 10.9 Å². The molecule has 8 heteroatoms. The first-order chi connectivity index (χ1) is 10.8. The summed E-state index contributed by atoms with van der Waals surface area (Å²) in [6.45, 7) is 0.151. The van der Waals surface area contributed by atoms with Crippen molar-refractivity contribution >= 4 is 21.6 Å². The minimum atomic E-state index is -3.77. The van der Waals surface area contributed by atoms with Gasteiger partial charge in [-0.15, -0.1) is 0 Å². The average molecular weight is 359 g/mol. The topological polar surface area (TPSA) is 71.8 Å². The molecular formula is C15H19ClN2O4S. The molecule has 1 N–H and O–H groups in total. The van der Waals surface area contributed by atoms with Crippen LogP contribution in [-0.2, 0) is 10.0 Å². The number of benzene rings is 1. The van der Waals surface area contributed by atoms with Gasteiger partial charge in [0.05, 0.1) is 19.4 Å². The van der Waals surface area contributed by atoms with Crippen molar-refractivity contribution in [1.82, 2.24) is 9.62 Å². The van der Waals surface area contributed by atoms with Crippen LogP contribution in [0.5, 0.6) is 5.75 Å². The number of methoxy groups -OCH3 is 1. The van der Waals surface area contributed by atoms with Gasteiger partial charge in [0.1, 0.15) is 16.4 Å². The number of rotatable bonds is 7. The molecule has 0 saturated carbocycles. The summed E-state index contributed by atoms with van der Waals surface area (Å²) in [4.78, 5) is 1.88. The molecule has 126 valence electrons. The van der Waals surface area contributed by atoms with Gasteiger partial charge < -0.3 is 9.15 Å². The van der Waals surface area contributed by atoms with Gasteiger partial charge in [-0.05, 0) is 44.4 Å². The lowest BCUT2D eigenvalue weighted by atomic mass is 10.2. The van der Waals surface area contributed by atoms with Gasteiger partial charge in [0.25, 0.3) is 0 Å². The fraction of sp³-hybridized carbons (Fsp3) is 0.333. The predicted octanol–water partition coefficient (Wildman–Crippen LogP) is 2.52. The molecule has 23 heavy (non-hydrogen) atoms. The largest absolute Gasteiger partial charge is 0.495 e. The van der Waals surface area contributed by atoms with E-state index in [1.54, 1.807) is 24.5 Å². The summed E-state index contributed by atoms with van der Waals surface area (Å²) in [5, 5.41) is 0.321. The number of halogens is 1. The average Bonchev–Trinajstić information content (AvgIpc) is 3.01. The quantitative estimate of drug-likeness (QED) is 0.823. The van der Waals surface area contributed by atoms with Crippen molar-refractivity contribution in [3.05, 3.63) is 47.4 Å². The molecule has 0 amide bonds. The van der Waals surface area contributed by atoms with E-state index in [1.807, 2.05) is 19.0 Å². The van der Waals surface area contributed by atoms with E-state index in [1.165, 1.54) is 19.2 Å². The molecule has 0 aliphatic heterocycles. The Bertz CT molecular complexity index is 745. The Labute approximate surface area is 141 Å². The lowest BCUT2D eigenvalue weighted by Gasteiger charge is -2.22. The Kier molecular flexibility index (Phi) is 5.69. The van der Waals surface area contributed by atoms with Gasteiger partial charge in [-0.3, -0.25) is 4.90 Å². The van der Waals surface area contributed by atoms with E-state index in [2.05, 4.69) is 4.72 Å². The van der Waals surface area contributed by atoms with Crippen LogP contribution in [0.2, 0.25) is 5.02 Å². The van der Waals surface area contributed by atoms with Crippen LogP contribution in [0.15, 0.2) is 45.9 Å². The van der Waals surface area contributed by atoms with E-state index < -0.39 is 10.0 Å². The second-order valence-corrected chi connectivity index (χ2v) is 7.31. The molecule has 2 aromatic rings. The highest BCUT2D eigenvalue weighted by atomic mass is 35.5. The van der Waals surface area contributed by atoms with Crippen LogP contribution in [0.1, 0.15) is 11.8 Å². The van der Waals surface area contributed by atoms with Crippen LogP contribution in [0.25, 0.3) is 0 Å². The molecule has 1 aromatic carbocycles. The minimum Gasteiger partial charge on any atom is -0.495 e. The lowest BCUT2D eigenvalue weighted by Crippen LogP contribution is -2.34. The number of nitrogens with zero attached hydrogens (tertiary/aromatic N) is 1. The summed E-state index contributed by atoms with van der Waals surface area (Å²) in [5.41, 5.74) is 0. The van der Waals surface area contributed by atoms with E-state index in [9.17, 15) is 8.42 Å². The molecule has 2 rings (SSSR count). The molecule has 0 bridgehead atoms. The zero-order chi connectivity index (χ0) is 17.0. The molecule has 0 aliphatic rings. The van der Waals surface area contributed by atoms with Gasteiger partial charge in [-0.25, -0.2) is 13.1 Å². The van der Waals surface area contributed by atoms with Crippen LogP contribution in [-0.4, -0.2) is 41.1 Å². The highest BCUT2D eigenvalue weighted by molar-refractivity contribution is 7.89. The molecule has 1 unspecified atom stereocenters.